The number of Topliss-reactive ketones (excluding diaryl/α,β-unsaturated/α-hetero) is 1. The minimum atomic E-state index is -0.378. The van der Waals surface area contributed by atoms with E-state index in [9.17, 15) is 9.59 Å². The topological polar surface area (TPSA) is 72.1 Å². The molecule has 1 N–H and O–H groups in total. The molecule has 18 heavy (non-hydrogen) atoms. The van der Waals surface area contributed by atoms with Crippen LogP contribution < -0.4 is 5.56 Å². The van der Waals surface area contributed by atoms with Gasteiger partial charge in [-0.2, -0.15) is 0 Å². The molecule has 0 spiro atoms. The standard InChI is InChI=1S/C12H18N2O3S/c1-12(2,3)9(15)7-18-11-13-8(6-17-4)5-10(16)14-11/h5H,6-7H2,1-4H3,(H,13,14,16). The van der Waals surface area contributed by atoms with Crippen molar-refractivity contribution in [2.24, 2.45) is 5.41 Å². The van der Waals surface area contributed by atoms with Crippen LogP contribution in [0.4, 0.5) is 0 Å². The molecule has 0 bridgehead atoms. The third kappa shape index (κ3) is 4.62. The molecule has 0 saturated carbocycles. The fourth-order valence-corrected chi connectivity index (χ4v) is 2.18. The molecule has 0 aliphatic carbocycles. The molecule has 0 aromatic carbocycles. The van der Waals surface area contributed by atoms with Gasteiger partial charge < -0.3 is 9.72 Å². The van der Waals surface area contributed by atoms with Crippen LogP contribution in [0.1, 0.15) is 26.5 Å². The molecule has 0 saturated heterocycles. The Labute approximate surface area is 110 Å². The zero-order valence-electron chi connectivity index (χ0n) is 11.1. The summed E-state index contributed by atoms with van der Waals surface area (Å²) in [6.07, 6.45) is 0. The van der Waals surface area contributed by atoms with Gasteiger partial charge >= 0.3 is 0 Å². The minimum Gasteiger partial charge on any atom is -0.378 e. The lowest BCUT2D eigenvalue weighted by Gasteiger charge is -2.15. The van der Waals surface area contributed by atoms with Crippen LogP contribution in [-0.2, 0) is 16.1 Å². The van der Waals surface area contributed by atoms with E-state index < -0.39 is 0 Å². The van der Waals surface area contributed by atoms with E-state index in [4.69, 9.17) is 4.74 Å². The number of methoxy groups -OCH3 is 1. The van der Waals surface area contributed by atoms with E-state index in [0.29, 0.717) is 16.6 Å². The second-order valence-corrected chi connectivity index (χ2v) is 5.90. The predicted octanol–water partition coefficient (Wildman–Crippen LogP) is 1.62. The Bertz CT molecular complexity index is 477. The van der Waals surface area contributed by atoms with Crippen LogP contribution in [0.5, 0.6) is 0 Å². The highest BCUT2D eigenvalue weighted by Crippen LogP contribution is 2.20. The molecule has 0 atom stereocenters. The molecule has 0 fully saturated rings. The Morgan fingerprint density at radius 3 is 2.72 bits per heavy atom. The lowest BCUT2D eigenvalue weighted by atomic mass is 9.92. The number of hydrogen-bond donors (Lipinski definition) is 1. The number of carbonyl (C=O) groups excluding carboxylic acids is 1. The van der Waals surface area contributed by atoms with Crippen molar-refractivity contribution < 1.29 is 9.53 Å². The molecular weight excluding hydrogens is 252 g/mol. The van der Waals surface area contributed by atoms with Crippen LogP contribution in [0.15, 0.2) is 16.0 Å². The van der Waals surface area contributed by atoms with Crippen LogP contribution in [-0.4, -0.2) is 28.6 Å². The van der Waals surface area contributed by atoms with Gasteiger partial charge in [0.1, 0.15) is 5.78 Å². The Morgan fingerprint density at radius 2 is 2.17 bits per heavy atom. The fourth-order valence-electron chi connectivity index (χ4n) is 1.12. The molecule has 5 nitrogen and oxygen atoms in total. The summed E-state index contributed by atoms with van der Waals surface area (Å²) >= 11 is 1.24. The number of ether oxygens (including phenoxy) is 1. The number of nitrogens with one attached hydrogen (secondary N) is 1. The van der Waals surface area contributed by atoms with Crippen LogP contribution in [0.3, 0.4) is 0 Å². The van der Waals surface area contributed by atoms with Gasteiger partial charge in [-0.15, -0.1) is 0 Å². The summed E-state index contributed by atoms with van der Waals surface area (Å²) in [5.41, 5.74) is -0.0491. The molecule has 0 unspecified atom stereocenters. The number of carbonyl (C=O) groups is 1. The minimum absolute atomic E-state index is 0.118. The number of aromatic amines is 1. The van der Waals surface area contributed by atoms with Crippen molar-refractivity contribution in [2.75, 3.05) is 12.9 Å². The van der Waals surface area contributed by atoms with Gasteiger partial charge in [0, 0.05) is 18.6 Å². The van der Waals surface area contributed by atoms with Crippen molar-refractivity contribution in [3.05, 3.63) is 22.1 Å². The average molecular weight is 270 g/mol. The lowest BCUT2D eigenvalue weighted by molar-refractivity contribution is -0.123. The van der Waals surface area contributed by atoms with Crippen LogP contribution >= 0.6 is 11.8 Å². The first kappa shape index (κ1) is 14.9. The molecule has 6 heteroatoms. The molecule has 1 rings (SSSR count). The molecule has 100 valence electrons. The highest BCUT2D eigenvalue weighted by molar-refractivity contribution is 7.99. The molecule has 0 aliphatic heterocycles. The molecule has 0 amide bonds. The second-order valence-electron chi connectivity index (χ2n) is 4.94. The summed E-state index contributed by atoms with van der Waals surface area (Å²) in [4.78, 5) is 30.0. The van der Waals surface area contributed by atoms with Crippen molar-refractivity contribution in [1.82, 2.24) is 9.97 Å². The van der Waals surface area contributed by atoms with E-state index in [1.165, 1.54) is 17.8 Å². The van der Waals surface area contributed by atoms with Crippen molar-refractivity contribution in [3.8, 4) is 0 Å². The average Bonchev–Trinajstić information content (AvgIpc) is 2.24. The molecule has 1 heterocycles. The van der Waals surface area contributed by atoms with Crippen LogP contribution in [0.2, 0.25) is 0 Å². The highest BCUT2D eigenvalue weighted by Gasteiger charge is 2.21. The summed E-state index contributed by atoms with van der Waals surface area (Å²) in [6, 6.07) is 1.39. The molecule has 0 aliphatic rings. The summed E-state index contributed by atoms with van der Waals surface area (Å²) < 4.78 is 4.93. The number of H-pyrrole nitrogens is 1. The Morgan fingerprint density at radius 1 is 1.50 bits per heavy atom. The van der Waals surface area contributed by atoms with Crippen molar-refractivity contribution in [3.63, 3.8) is 0 Å². The highest BCUT2D eigenvalue weighted by atomic mass is 32.2. The maximum Gasteiger partial charge on any atom is 0.251 e. The van der Waals surface area contributed by atoms with Crippen LogP contribution in [0.25, 0.3) is 0 Å². The monoisotopic (exact) mass is 270 g/mol. The van der Waals surface area contributed by atoms with Gasteiger partial charge in [0.05, 0.1) is 18.1 Å². The normalized spacial score (nSPS) is 11.6. The van der Waals surface area contributed by atoms with Crippen molar-refractivity contribution in [2.45, 2.75) is 32.5 Å². The van der Waals surface area contributed by atoms with Gasteiger partial charge in [0.15, 0.2) is 5.16 Å². The first-order chi connectivity index (χ1) is 8.32. The third-order valence-electron chi connectivity index (χ3n) is 2.24. The van der Waals surface area contributed by atoms with E-state index in [1.54, 1.807) is 7.11 Å². The third-order valence-corrected chi connectivity index (χ3v) is 3.12. The summed E-state index contributed by atoms with van der Waals surface area (Å²) in [5, 5.41) is 0.451. The number of ketones is 1. The molecule has 1 aromatic heterocycles. The second kappa shape index (κ2) is 6.15. The zero-order valence-corrected chi connectivity index (χ0v) is 11.9. The maximum atomic E-state index is 11.8. The van der Waals surface area contributed by atoms with Gasteiger partial charge in [-0.25, -0.2) is 4.98 Å². The first-order valence-electron chi connectivity index (χ1n) is 5.58. The van der Waals surface area contributed by atoms with Gasteiger partial charge in [0.2, 0.25) is 0 Å². The number of hydrogen-bond acceptors (Lipinski definition) is 5. The summed E-state index contributed by atoms with van der Waals surface area (Å²) in [6.45, 7) is 5.89. The SMILES string of the molecule is COCc1cc(=O)[nH]c(SCC(=O)C(C)(C)C)n1. The summed E-state index contributed by atoms with van der Waals surface area (Å²) in [5.74, 6) is 0.412. The number of nitrogens with zero attached hydrogens (tertiary/aromatic N) is 1. The van der Waals surface area contributed by atoms with E-state index in [1.807, 2.05) is 20.8 Å². The molecule has 0 radical (unpaired) electrons. The Kier molecular flexibility index (Phi) is 5.10. The smallest absolute Gasteiger partial charge is 0.251 e. The van der Waals surface area contributed by atoms with E-state index in [0.717, 1.165) is 0 Å². The predicted molar refractivity (Wildman–Crippen MR) is 70.8 cm³/mol. The van der Waals surface area contributed by atoms with E-state index >= 15 is 0 Å². The quantitative estimate of drug-likeness (QED) is 0.650. The largest absolute Gasteiger partial charge is 0.378 e. The van der Waals surface area contributed by atoms with E-state index in [-0.39, 0.29) is 23.4 Å². The first-order valence-corrected chi connectivity index (χ1v) is 6.57. The summed E-state index contributed by atoms with van der Waals surface area (Å²) in [7, 11) is 1.54. The number of aromatic nitrogens is 2. The van der Waals surface area contributed by atoms with Gasteiger partial charge in [-0.1, -0.05) is 32.5 Å². The maximum absolute atomic E-state index is 11.8. The fraction of sp³-hybridized carbons (Fsp3) is 0.583. The zero-order chi connectivity index (χ0) is 13.8. The number of rotatable bonds is 5. The van der Waals surface area contributed by atoms with Crippen LogP contribution in [0, 0.1) is 5.41 Å². The number of thioether (sulfide) groups is 1. The molecular formula is C12H18N2O3S. The van der Waals surface area contributed by atoms with Gasteiger partial charge in [-0.05, 0) is 0 Å². The Hall–Kier alpha value is -1.14. The van der Waals surface area contributed by atoms with Gasteiger partial charge in [-0.3, -0.25) is 9.59 Å². The Balaban J connectivity index is 2.73. The van der Waals surface area contributed by atoms with Gasteiger partial charge in [0.25, 0.3) is 5.56 Å². The van der Waals surface area contributed by atoms with Crippen molar-refractivity contribution in [1.29, 1.82) is 0 Å². The van der Waals surface area contributed by atoms with E-state index in [2.05, 4.69) is 9.97 Å². The van der Waals surface area contributed by atoms with Crippen molar-refractivity contribution >= 4 is 17.5 Å². The lowest BCUT2D eigenvalue weighted by Crippen LogP contribution is -2.22. The molecule has 1 aromatic rings.